The molecular weight excluding hydrogens is 350 g/mol. The van der Waals surface area contributed by atoms with Crippen LogP contribution in [-0.4, -0.2) is 4.57 Å². The molecule has 0 bridgehead atoms. The topological polar surface area (TPSA) is 4.93 Å². The van der Waals surface area contributed by atoms with E-state index >= 15 is 0 Å². The third-order valence-electron chi connectivity index (χ3n) is 6.63. The summed E-state index contributed by atoms with van der Waals surface area (Å²) in [5.41, 5.74) is 10.6. The van der Waals surface area contributed by atoms with Gasteiger partial charge < -0.3 is 4.57 Å². The van der Waals surface area contributed by atoms with Crippen LogP contribution in [0.25, 0.3) is 38.6 Å². The van der Waals surface area contributed by atoms with Gasteiger partial charge in [-0.3, -0.25) is 0 Å². The monoisotopic (exact) mass is 373 g/mol. The highest BCUT2D eigenvalue weighted by atomic mass is 15.0. The fourth-order valence-electron chi connectivity index (χ4n) is 5.17. The zero-order valence-electron chi connectivity index (χ0n) is 17.0. The molecule has 0 radical (unpaired) electrons. The molecule has 140 valence electrons. The van der Waals surface area contributed by atoms with E-state index in [0.29, 0.717) is 0 Å². The second-order valence-corrected chi connectivity index (χ2v) is 8.78. The lowest BCUT2D eigenvalue weighted by molar-refractivity contribution is 0.630. The highest BCUT2D eigenvalue weighted by Gasteiger charge is 2.34. The standard InChI is InChI=1S/C28H23N/c1-18-8-6-9-19(16-18)20-14-15-25-22(17-20)21-10-7-12-24-27(21)29(25)26-13-5-4-11-23(26)28(24,2)3/h4-17H,1-3H3. The molecule has 0 spiro atoms. The number of benzene rings is 4. The maximum atomic E-state index is 2.47. The quantitative estimate of drug-likeness (QED) is 0.288. The van der Waals surface area contributed by atoms with Gasteiger partial charge in [0.2, 0.25) is 0 Å². The zero-order chi connectivity index (χ0) is 19.8. The van der Waals surface area contributed by atoms with Crippen LogP contribution in [-0.2, 0) is 5.41 Å². The largest absolute Gasteiger partial charge is 0.309 e. The van der Waals surface area contributed by atoms with Gasteiger partial charge in [-0.05, 0) is 47.4 Å². The van der Waals surface area contributed by atoms with Gasteiger partial charge in [0.1, 0.15) is 0 Å². The van der Waals surface area contributed by atoms with Crippen LogP contribution in [0.4, 0.5) is 0 Å². The zero-order valence-corrected chi connectivity index (χ0v) is 17.0. The predicted octanol–water partition coefficient (Wildman–Crippen LogP) is 7.40. The van der Waals surface area contributed by atoms with Crippen LogP contribution in [0.15, 0.2) is 84.9 Å². The van der Waals surface area contributed by atoms with E-state index in [9.17, 15) is 0 Å². The molecule has 6 rings (SSSR count). The van der Waals surface area contributed by atoms with Gasteiger partial charge in [-0.15, -0.1) is 0 Å². The Labute approximate surface area is 171 Å². The summed E-state index contributed by atoms with van der Waals surface area (Å²) in [6.07, 6.45) is 0. The maximum Gasteiger partial charge on any atom is 0.0582 e. The Balaban J connectivity index is 1.76. The smallest absolute Gasteiger partial charge is 0.0582 e. The molecule has 2 heterocycles. The summed E-state index contributed by atoms with van der Waals surface area (Å²) in [7, 11) is 0. The first kappa shape index (κ1) is 16.6. The van der Waals surface area contributed by atoms with Gasteiger partial charge in [-0.2, -0.15) is 0 Å². The molecule has 29 heavy (non-hydrogen) atoms. The minimum atomic E-state index is -0.0140. The van der Waals surface area contributed by atoms with Gasteiger partial charge in [0.05, 0.1) is 16.7 Å². The molecule has 1 aliphatic rings. The van der Waals surface area contributed by atoms with Crippen molar-refractivity contribution < 1.29 is 0 Å². The fraction of sp³-hybridized carbons (Fsp3) is 0.143. The summed E-state index contributed by atoms with van der Waals surface area (Å²) in [6, 6.07) is 31.4. The van der Waals surface area contributed by atoms with Crippen molar-refractivity contribution in [2.24, 2.45) is 0 Å². The fourth-order valence-corrected chi connectivity index (χ4v) is 5.17. The van der Waals surface area contributed by atoms with Crippen molar-refractivity contribution in [3.05, 3.63) is 102 Å². The minimum absolute atomic E-state index is 0.0140. The van der Waals surface area contributed by atoms with Crippen molar-refractivity contribution >= 4 is 21.8 Å². The molecule has 0 amide bonds. The molecule has 5 aromatic rings. The summed E-state index contributed by atoms with van der Waals surface area (Å²) < 4.78 is 2.47. The first-order valence-corrected chi connectivity index (χ1v) is 10.3. The lowest BCUT2D eigenvalue weighted by atomic mass is 9.75. The number of rotatable bonds is 1. The average molecular weight is 373 g/mol. The van der Waals surface area contributed by atoms with Crippen molar-refractivity contribution in [3.63, 3.8) is 0 Å². The highest BCUT2D eigenvalue weighted by molar-refractivity contribution is 6.12. The second-order valence-electron chi connectivity index (χ2n) is 8.78. The molecule has 0 N–H and O–H groups in total. The van der Waals surface area contributed by atoms with Gasteiger partial charge in [0.15, 0.2) is 0 Å². The Kier molecular flexibility index (Phi) is 3.21. The lowest BCUT2D eigenvalue weighted by Crippen LogP contribution is -2.26. The first-order chi connectivity index (χ1) is 14.1. The van der Waals surface area contributed by atoms with Crippen LogP contribution >= 0.6 is 0 Å². The first-order valence-electron chi connectivity index (χ1n) is 10.3. The van der Waals surface area contributed by atoms with Crippen molar-refractivity contribution in [3.8, 4) is 16.8 Å². The highest BCUT2D eigenvalue weighted by Crippen LogP contribution is 2.47. The Morgan fingerprint density at radius 3 is 2.28 bits per heavy atom. The molecule has 0 aliphatic carbocycles. The number of para-hydroxylation sites is 2. The summed E-state index contributed by atoms with van der Waals surface area (Å²) in [5.74, 6) is 0. The van der Waals surface area contributed by atoms with E-state index < -0.39 is 0 Å². The van der Waals surface area contributed by atoms with E-state index in [1.54, 1.807) is 0 Å². The van der Waals surface area contributed by atoms with Crippen molar-refractivity contribution in [1.82, 2.24) is 4.57 Å². The Morgan fingerprint density at radius 2 is 1.41 bits per heavy atom. The summed E-state index contributed by atoms with van der Waals surface area (Å²) in [6.45, 7) is 6.85. The van der Waals surface area contributed by atoms with Crippen molar-refractivity contribution in [2.75, 3.05) is 0 Å². The number of aryl methyl sites for hydroxylation is 1. The molecule has 0 unspecified atom stereocenters. The summed E-state index contributed by atoms with van der Waals surface area (Å²) >= 11 is 0. The van der Waals surface area contributed by atoms with Gasteiger partial charge in [-0.25, -0.2) is 0 Å². The predicted molar refractivity (Wildman–Crippen MR) is 123 cm³/mol. The van der Waals surface area contributed by atoms with E-state index in [0.717, 1.165) is 0 Å². The molecule has 0 fully saturated rings. The lowest BCUT2D eigenvalue weighted by Gasteiger charge is -2.34. The number of hydrogen-bond acceptors (Lipinski definition) is 0. The second kappa shape index (κ2) is 5.61. The molecular formula is C28H23N. The van der Waals surface area contributed by atoms with E-state index in [1.807, 2.05) is 0 Å². The Bertz CT molecular complexity index is 1430. The number of nitrogens with zero attached hydrogens (tertiary/aromatic N) is 1. The number of hydrogen-bond donors (Lipinski definition) is 0. The van der Waals surface area contributed by atoms with E-state index in [-0.39, 0.29) is 5.41 Å². The summed E-state index contributed by atoms with van der Waals surface area (Å²) in [4.78, 5) is 0. The van der Waals surface area contributed by atoms with E-state index in [4.69, 9.17) is 0 Å². The van der Waals surface area contributed by atoms with Crippen LogP contribution in [0, 0.1) is 6.92 Å². The normalized spacial score (nSPS) is 14.3. The molecule has 0 saturated carbocycles. The molecule has 1 heteroatoms. The van der Waals surface area contributed by atoms with E-state index in [1.165, 1.54) is 55.3 Å². The maximum absolute atomic E-state index is 2.47. The molecule has 0 atom stereocenters. The van der Waals surface area contributed by atoms with Gasteiger partial charge in [-0.1, -0.05) is 86.1 Å². The molecule has 1 aliphatic heterocycles. The Hall–Kier alpha value is -3.32. The minimum Gasteiger partial charge on any atom is -0.309 e. The molecule has 1 aromatic heterocycles. The number of fused-ring (bicyclic) bond motifs is 5. The molecule has 4 aromatic carbocycles. The van der Waals surface area contributed by atoms with Gasteiger partial charge >= 0.3 is 0 Å². The van der Waals surface area contributed by atoms with Crippen LogP contribution < -0.4 is 0 Å². The third kappa shape index (κ3) is 2.16. The van der Waals surface area contributed by atoms with E-state index in [2.05, 4.69) is 110 Å². The Morgan fingerprint density at radius 1 is 0.655 bits per heavy atom. The van der Waals surface area contributed by atoms with Crippen LogP contribution in [0.3, 0.4) is 0 Å². The van der Waals surface area contributed by atoms with Gasteiger partial charge in [0, 0.05) is 16.2 Å². The van der Waals surface area contributed by atoms with Crippen LogP contribution in [0.5, 0.6) is 0 Å². The summed E-state index contributed by atoms with van der Waals surface area (Å²) in [5, 5.41) is 2.67. The SMILES string of the molecule is Cc1cccc(-c2ccc3c(c2)c2cccc4c2n3-c2ccccc2C4(C)C)c1. The molecule has 0 saturated heterocycles. The van der Waals surface area contributed by atoms with Gasteiger partial charge in [0.25, 0.3) is 0 Å². The van der Waals surface area contributed by atoms with Crippen molar-refractivity contribution in [2.45, 2.75) is 26.2 Å². The van der Waals surface area contributed by atoms with Crippen LogP contribution in [0.1, 0.15) is 30.5 Å². The molecule has 1 nitrogen and oxygen atoms in total. The number of aromatic nitrogens is 1. The average Bonchev–Trinajstić information content (AvgIpc) is 3.07. The van der Waals surface area contributed by atoms with Crippen LogP contribution in [0.2, 0.25) is 0 Å². The third-order valence-corrected chi connectivity index (χ3v) is 6.63. The van der Waals surface area contributed by atoms with Crippen molar-refractivity contribution in [1.29, 1.82) is 0 Å².